The topological polar surface area (TPSA) is 181 Å². The number of hydrogen-bond donors (Lipinski definition) is 5. The van der Waals surface area contributed by atoms with Gasteiger partial charge in [-0.15, -0.1) is 0 Å². The van der Waals surface area contributed by atoms with Crippen LogP contribution in [0.25, 0.3) is 21.8 Å². The number of phenols is 1. The Kier molecular flexibility index (Phi) is 8.83. The lowest BCUT2D eigenvalue weighted by Gasteiger charge is -2.44. The molecule has 3 aliphatic rings. The molecule has 0 amide bonds. The highest BCUT2D eigenvalue weighted by molar-refractivity contribution is 5.96. The van der Waals surface area contributed by atoms with E-state index < -0.39 is 36.7 Å². The summed E-state index contributed by atoms with van der Waals surface area (Å²) in [6, 6.07) is 13.5. The molecule has 3 fully saturated rings. The van der Waals surface area contributed by atoms with Crippen molar-refractivity contribution in [2.75, 3.05) is 56.2 Å². The number of fused-ring (bicyclic) bond motifs is 2. The fourth-order valence-electron chi connectivity index (χ4n) is 7.08. The maximum absolute atomic E-state index is 11.5. The molecule has 254 valence electrons. The quantitative estimate of drug-likeness (QED) is 0.192. The fraction of sp³-hybridized carbons (Fsp3) is 0.441. The number of pyridine rings is 2. The van der Waals surface area contributed by atoms with Crippen molar-refractivity contribution in [3.63, 3.8) is 0 Å². The zero-order chi connectivity index (χ0) is 33.5. The third-order valence-electron chi connectivity index (χ3n) is 9.72. The highest BCUT2D eigenvalue weighted by Crippen LogP contribution is 2.37. The first kappa shape index (κ1) is 32.1. The van der Waals surface area contributed by atoms with Gasteiger partial charge in [-0.2, -0.15) is 0 Å². The van der Waals surface area contributed by atoms with Gasteiger partial charge in [-0.05, 0) is 43.2 Å². The molecule has 3 saturated heterocycles. The lowest BCUT2D eigenvalue weighted by Crippen LogP contribution is -2.61. The van der Waals surface area contributed by atoms with Crippen molar-refractivity contribution in [3.05, 3.63) is 54.9 Å². The number of anilines is 2. The number of hydrogen-bond acceptors (Lipinski definition) is 13. The maximum Gasteiger partial charge on any atom is 0.335 e. The van der Waals surface area contributed by atoms with Crippen LogP contribution in [0.1, 0.15) is 12.8 Å². The van der Waals surface area contributed by atoms with Crippen LogP contribution in [-0.2, 0) is 9.53 Å². The van der Waals surface area contributed by atoms with Crippen molar-refractivity contribution in [1.29, 1.82) is 0 Å². The van der Waals surface area contributed by atoms with Crippen molar-refractivity contribution in [2.45, 2.75) is 49.6 Å². The van der Waals surface area contributed by atoms with Gasteiger partial charge >= 0.3 is 5.97 Å². The van der Waals surface area contributed by atoms with E-state index in [-0.39, 0.29) is 11.5 Å². The molecular weight excluding hydrogens is 622 g/mol. The number of aromatic nitrogens is 2. The minimum atomic E-state index is -1.83. The third-order valence-corrected chi connectivity index (χ3v) is 9.72. The average molecular weight is 662 g/mol. The Labute approximate surface area is 276 Å². The summed E-state index contributed by atoms with van der Waals surface area (Å²) < 4.78 is 16.4. The minimum Gasteiger partial charge on any atom is -0.507 e. The van der Waals surface area contributed by atoms with Crippen LogP contribution in [0, 0.1) is 0 Å². The number of benzene rings is 2. The second-order valence-electron chi connectivity index (χ2n) is 12.5. The number of nitrogens with zero attached hydrogens (tertiary/aromatic N) is 5. The van der Waals surface area contributed by atoms with E-state index >= 15 is 0 Å². The van der Waals surface area contributed by atoms with Crippen LogP contribution in [0.2, 0.25) is 0 Å². The van der Waals surface area contributed by atoms with Gasteiger partial charge in [-0.3, -0.25) is 14.9 Å². The van der Waals surface area contributed by atoms with Crippen molar-refractivity contribution in [2.24, 2.45) is 0 Å². The second kappa shape index (κ2) is 13.2. The smallest absolute Gasteiger partial charge is 0.335 e. The fourth-order valence-corrected chi connectivity index (χ4v) is 7.08. The number of ether oxygens (including phenoxy) is 3. The Balaban J connectivity index is 1.00. The van der Waals surface area contributed by atoms with Crippen LogP contribution >= 0.6 is 0 Å². The summed E-state index contributed by atoms with van der Waals surface area (Å²) >= 11 is 0. The molecule has 7 rings (SSSR count). The standard InChI is InChI=1S/C34H39N5O9/c1-46-21-15-19-3-2-8-35-27(19)25(17-21)39-13-11-37(12-14-39)20-6-9-38(10-7-20)24-4-5-26(40)23-16-22(18-36-28(23)24)47-34-31(43)29(41)30(42)32(48-34)33(44)45/h2-5,8,15-18,20,29-32,34,40-43H,6-7,9-14H2,1H3,(H,44,45). The number of phenolic OH excluding ortho intramolecular Hbond substituents is 1. The van der Waals surface area contributed by atoms with Crippen molar-refractivity contribution >= 4 is 39.1 Å². The Bertz CT molecular complexity index is 1790. The summed E-state index contributed by atoms with van der Waals surface area (Å²) in [5.41, 5.74) is 3.52. The van der Waals surface area contributed by atoms with E-state index in [2.05, 4.69) is 36.8 Å². The number of carboxylic acid groups (broad SMARTS) is 1. The average Bonchev–Trinajstić information content (AvgIpc) is 3.11. The number of aliphatic hydroxyl groups excluding tert-OH is 3. The normalized spacial score (nSPS) is 25.8. The zero-order valence-electron chi connectivity index (χ0n) is 26.4. The molecule has 0 aliphatic carbocycles. The summed E-state index contributed by atoms with van der Waals surface area (Å²) in [6.07, 6.45) is -3.54. The predicted octanol–water partition coefficient (Wildman–Crippen LogP) is 1.56. The molecule has 14 nitrogen and oxygen atoms in total. The molecule has 2 aromatic carbocycles. The molecule has 2 aromatic heterocycles. The van der Waals surface area contributed by atoms with Crippen LogP contribution in [-0.4, -0.2) is 129 Å². The molecule has 4 aromatic rings. The van der Waals surface area contributed by atoms with Crippen molar-refractivity contribution in [1.82, 2.24) is 14.9 Å². The number of carboxylic acids is 1. The van der Waals surface area contributed by atoms with Crippen molar-refractivity contribution < 1.29 is 44.5 Å². The van der Waals surface area contributed by atoms with Gasteiger partial charge in [0.15, 0.2) is 6.10 Å². The molecule has 3 aliphatic heterocycles. The summed E-state index contributed by atoms with van der Waals surface area (Å²) in [4.78, 5) is 27.9. The minimum absolute atomic E-state index is 0.0255. The van der Waals surface area contributed by atoms with E-state index in [1.54, 1.807) is 13.2 Å². The van der Waals surface area contributed by atoms with Gasteiger partial charge in [-0.25, -0.2) is 4.79 Å². The van der Waals surface area contributed by atoms with Crippen LogP contribution in [0.4, 0.5) is 11.4 Å². The zero-order valence-corrected chi connectivity index (χ0v) is 26.4. The molecule has 5 atom stereocenters. The van der Waals surface area contributed by atoms with Crippen LogP contribution in [0.15, 0.2) is 54.9 Å². The summed E-state index contributed by atoms with van der Waals surface area (Å²) in [7, 11) is 1.69. The van der Waals surface area contributed by atoms with Gasteiger partial charge in [0.1, 0.15) is 35.6 Å². The summed E-state index contributed by atoms with van der Waals surface area (Å²) in [6.45, 7) is 5.32. The monoisotopic (exact) mass is 661 g/mol. The number of rotatable bonds is 7. The van der Waals surface area contributed by atoms with Gasteiger partial charge in [0.2, 0.25) is 6.29 Å². The third kappa shape index (κ3) is 6.01. The lowest BCUT2D eigenvalue weighted by molar-refractivity contribution is -0.271. The Morgan fingerprint density at radius 3 is 2.33 bits per heavy atom. The van der Waals surface area contributed by atoms with Gasteiger partial charge in [0, 0.05) is 68.3 Å². The van der Waals surface area contributed by atoms with E-state index in [9.17, 15) is 30.3 Å². The molecular formula is C34H39N5O9. The highest BCUT2D eigenvalue weighted by Gasteiger charge is 2.48. The molecule has 5 N–H and O–H groups in total. The number of carbonyl (C=O) groups is 1. The van der Waals surface area contributed by atoms with Crippen LogP contribution < -0.4 is 19.3 Å². The molecule has 0 saturated carbocycles. The molecule has 0 radical (unpaired) electrons. The predicted molar refractivity (Wildman–Crippen MR) is 176 cm³/mol. The molecule has 5 heterocycles. The van der Waals surface area contributed by atoms with E-state index in [1.165, 1.54) is 12.3 Å². The van der Waals surface area contributed by atoms with Gasteiger partial charge in [-0.1, -0.05) is 6.07 Å². The Morgan fingerprint density at radius 1 is 0.854 bits per heavy atom. The molecule has 0 bridgehead atoms. The number of aliphatic hydroxyl groups is 3. The first-order valence-electron chi connectivity index (χ1n) is 16.1. The number of aliphatic carboxylic acids is 1. The van der Waals surface area contributed by atoms with E-state index in [1.807, 2.05) is 24.4 Å². The maximum atomic E-state index is 11.5. The van der Waals surface area contributed by atoms with Gasteiger partial charge in [0.25, 0.3) is 0 Å². The molecule has 5 unspecified atom stereocenters. The van der Waals surface area contributed by atoms with Gasteiger partial charge < -0.3 is 49.5 Å². The summed E-state index contributed by atoms with van der Waals surface area (Å²) in [5.74, 6) is -0.622. The molecule has 48 heavy (non-hydrogen) atoms. The highest BCUT2D eigenvalue weighted by atomic mass is 16.7. The van der Waals surface area contributed by atoms with Crippen LogP contribution in [0.5, 0.6) is 17.2 Å². The number of piperidine rings is 1. The Hall–Kier alpha value is -4.47. The number of piperazine rings is 1. The largest absolute Gasteiger partial charge is 0.507 e. The van der Waals surface area contributed by atoms with Crippen molar-refractivity contribution in [3.8, 4) is 17.2 Å². The number of aromatic hydroxyl groups is 1. The number of methoxy groups -OCH3 is 1. The van der Waals surface area contributed by atoms with E-state index in [0.29, 0.717) is 16.9 Å². The molecule has 14 heteroatoms. The SMILES string of the molecule is COc1cc(N2CCN(C3CCN(c4ccc(O)c5cc(OC6OC(C(=O)O)C(O)C(O)C6O)cnc45)CC3)CC2)c2ncccc2c1. The first-order chi connectivity index (χ1) is 23.2. The van der Waals surface area contributed by atoms with Crippen LogP contribution in [0.3, 0.4) is 0 Å². The lowest BCUT2D eigenvalue weighted by atomic mass is 9.99. The summed E-state index contributed by atoms with van der Waals surface area (Å²) in [5, 5.41) is 51.9. The van der Waals surface area contributed by atoms with E-state index in [0.717, 1.165) is 80.1 Å². The molecule has 0 spiro atoms. The van der Waals surface area contributed by atoms with Gasteiger partial charge in [0.05, 0.1) is 35.7 Å². The first-order valence-corrected chi connectivity index (χ1v) is 16.1. The second-order valence-corrected chi connectivity index (χ2v) is 12.5. The van der Waals surface area contributed by atoms with E-state index in [4.69, 9.17) is 14.2 Å². The Morgan fingerprint density at radius 2 is 1.60 bits per heavy atom.